The van der Waals surface area contributed by atoms with E-state index in [1.54, 1.807) is 36.1 Å². The Balaban J connectivity index is 1.74. The lowest BCUT2D eigenvalue weighted by molar-refractivity contribution is -0.117. The SMILES string of the molecule is C[C@H](NS(=O)(=O)c1ccc(N2CCCC2=O)cc1)c1ccc(S(C)(=O)=O)cc1. The molecule has 7 nitrogen and oxygen atoms in total. The molecule has 1 heterocycles. The Labute approximate surface area is 165 Å². The van der Waals surface area contributed by atoms with Crippen LogP contribution < -0.4 is 9.62 Å². The number of hydrogen-bond donors (Lipinski definition) is 1. The number of sulfone groups is 1. The van der Waals surface area contributed by atoms with Gasteiger partial charge in [0, 0.05) is 31.0 Å². The van der Waals surface area contributed by atoms with Crippen LogP contribution in [0.15, 0.2) is 58.3 Å². The van der Waals surface area contributed by atoms with E-state index in [9.17, 15) is 21.6 Å². The second-order valence-electron chi connectivity index (χ2n) is 6.83. The molecule has 1 aliphatic rings. The average molecular weight is 423 g/mol. The van der Waals surface area contributed by atoms with Gasteiger partial charge in [-0.05, 0) is 55.3 Å². The lowest BCUT2D eigenvalue weighted by Crippen LogP contribution is -2.27. The maximum Gasteiger partial charge on any atom is 0.241 e. The van der Waals surface area contributed by atoms with Gasteiger partial charge in [-0.25, -0.2) is 21.6 Å². The Morgan fingerprint density at radius 2 is 1.50 bits per heavy atom. The van der Waals surface area contributed by atoms with Crippen LogP contribution in [0.2, 0.25) is 0 Å². The molecule has 2 aromatic rings. The molecular weight excluding hydrogens is 400 g/mol. The molecule has 9 heteroatoms. The molecule has 1 amide bonds. The summed E-state index contributed by atoms with van der Waals surface area (Å²) in [6.07, 6.45) is 2.43. The van der Waals surface area contributed by atoms with Crippen LogP contribution in [0.5, 0.6) is 0 Å². The molecular formula is C19H22N2O5S2. The predicted octanol–water partition coefficient (Wildman–Crippen LogP) is 2.26. The highest BCUT2D eigenvalue weighted by molar-refractivity contribution is 7.90. The second-order valence-corrected chi connectivity index (χ2v) is 10.6. The Morgan fingerprint density at radius 1 is 0.929 bits per heavy atom. The monoisotopic (exact) mass is 422 g/mol. The van der Waals surface area contributed by atoms with E-state index in [1.165, 1.54) is 24.3 Å². The molecule has 1 N–H and O–H groups in total. The van der Waals surface area contributed by atoms with Crippen LogP contribution in [0.25, 0.3) is 0 Å². The number of carbonyl (C=O) groups excluding carboxylic acids is 1. The molecule has 1 saturated heterocycles. The zero-order valence-electron chi connectivity index (χ0n) is 15.6. The lowest BCUT2D eigenvalue weighted by atomic mass is 10.1. The molecule has 2 aromatic carbocycles. The maximum atomic E-state index is 12.7. The standard InChI is InChI=1S/C19H22N2O5S2/c1-14(15-5-9-17(10-6-15)27(2,23)24)20-28(25,26)18-11-7-16(8-12-18)21-13-3-4-19(21)22/h5-12,14,20H,3-4,13H2,1-2H3/t14-/m0/s1. The minimum absolute atomic E-state index is 0.0416. The number of amides is 1. The van der Waals surface area contributed by atoms with Crippen LogP contribution >= 0.6 is 0 Å². The highest BCUT2D eigenvalue weighted by Crippen LogP contribution is 2.24. The zero-order chi connectivity index (χ0) is 20.5. The number of nitrogens with zero attached hydrogens (tertiary/aromatic N) is 1. The summed E-state index contributed by atoms with van der Waals surface area (Å²) < 4.78 is 51.0. The molecule has 0 unspecified atom stereocenters. The van der Waals surface area contributed by atoms with E-state index < -0.39 is 25.9 Å². The van der Waals surface area contributed by atoms with Gasteiger partial charge in [0.25, 0.3) is 0 Å². The van der Waals surface area contributed by atoms with Gasteiger partial charge >= 0.3 is 0 Å². The number of hydrogen-bond acceptors (Lipinski definition) is 5. The van der Waals surface area contributed by atoms with Crippen LogP contribution in [-0.4, -0.2) is 35.5 Å². The van der Waals surface area contributed by atoms with Crippen LogP contribution in [0, 0.1) is 0 Å². The van der Waals surface area contributed by atoms with Crippen molar-refractivity contribution in [1.82, 2.24) is 4.72 Å². The van der Waals surface area contributed by atoms with Gasteiger partial charge in [0.2, 0.25) is 15.9 Å². The van der Waals surface area contributed by atoms with E-state index in [0.717, 1.165) is 12.7 Å². The molecule has 0 bridgehead atoms. The summed E-state index contributed by atoms with van der Waals surface area (Å²) in [5.41, 5.74) is 1.33. The molecule has 1 atom stereocenters. The topological polar surface area (TPSA) is 101 Å². The van der Waals surface area contributed by atoms with E-state index in [1.807, 2.05) is 0 Å². The lowest BCUT2D eigenvalue weighted by Gasteiger charge is -2.17. The molecule has 28 heavy (non-hydrogen) atoms. The van der Waals surface area contributed by atoms with Crippen molar-refractivity contribution in [3.63, 3.8) is 0 Å². The fraction of sp³-hybridized carbons (Fsp3) is 0.316. The van der Waals surface area contributed by atoms with Crippen LogP contribution in [0.4, 0.5) is 5.69 Å². The molecule has 0 spiro atoms. The summed E-state index contributed by atoms with van der Waals surface area (Å²) in [6.45, 7) is 2.33. The minimum Gasteiger partial charge on any atom is -0.312 e. The number of carbonyl (C=O) groups is 1. The largest absolute Gasteiger partial charge is 0.312 e. The molecule has 150 valence electrons. The summed E-state index contributed by atoms with van der Waals surface area (Å²) in [5.74, 6) is 0.0416. The second kappa shape index (κ2) is 7.65. The quantitative estimate of drug-likeness (QED) is 0.770. The Bertz CT molecular complexity index is 1080. The molecule has 0 saturated carbocycles. The van der Waals surface area contributed by atoms with Gasteiger partial charge in [-0.1, -0.05) is 12.1 Å². The molecule has 0 aliphatic carbocycles. The zero-order valence-corrected chi connectivity index (χ0v) is 17.3. The van der Waals surface area contributed by atoms with Crippen LogP contribution in [0.3, 0.4) is 0 Å². The van der Waals surface area contributed by atoms with Crippen molar-refractivity contribution in [3.05, 3.63) is 54.1 Å². The van der Waals surface area contributed by atoms with Crippen molar-refractivity contribution in [3.8, 4) is 0 Å². The van der Waals surface area contributed by atoms with Crippen molar-refractivity contribution in [2.45, 2.75) is 35.6 Å². The van der Waals surface area contributed by atoms with Crippen LogP contribution in [0.1, 0.15) is 31.4 Å². The molecule has 1 aliphatic heterocycles. The van der Waals surface area contributed by atoms with Gasteiger partial charge in [-0.3, -0.25) is 4.79 Å². The molecule has 0 aromatic heterocycles. The van der Waals surface area contributed by atoms with E-state index >= 15 is 0 Å². The van der Waals surface area contributed by atoms with Crippen LogP contribution in [-0.2, 0) is 24.7 Å². The van der Waals surface area contributed by atoms with E-state index in [4.69, 9.17) is 0 Å². The highest BCUT2D eigenvalue weighted by atomic mass is 32.2. The normalized spacial score (nSPS) is 16.4. The van der Waals surface area contributed by atoms with Gasteiger partial charge in [-0.2, -0.15) is 0 Å². The van der Waals surface area contributed by atoms with Crippen molar-refractivity contribution in [1.29, 1.82) is 0 Å². The highest BCUT2D eigenvalue weighted by Gasteiger charge is 2.23. The van der Waals surface area contributed by atoms with Gasteiger partial charge in [0.05, 0.1) is 9.79 Å². The fourth-order valence-electron chi connectivity index (χ4n) is 3.10. The van der Waals surface area contributed by atoms with Crippen molar-refractivity contribution in [2.24, 2.45) is 0 Å². The van der Waals surface area contributed by atoms with E-state index in [-0.39, 0.29) is 15.7 Å². The Kier molecular flexibility index (Phi) is 5.60. The number of sulfonamides is 1. The van der Waals surface area contributed by atoms with E-state index in [2.05, 4.69) is 4.72 Å². The molecule has 3 rings (SSSR count). The molecule has 1 fully saturated rings. The third-order valence-electron chi connectivity index (χ3n) is 4.67. The summed E-state index contributed by atoms with van der Waals surface area (Å²) in [7, 11) is -7.08. The first-order chi connectivity index (χ1) is 13.1. The Morgan fingerprint density at radius 3 is 2.00 bits per heavy atom. The summed E-state index contributed by atoms with van der Waals surface area (Å²) >= 11 is 0. The molecule has 0 radical (unpaired) electrons. The van der Waals surface area contributed by atoms with Crippen molar-refractivity contribution < 1.29 is 21.6 Å². The average Bonchev–Trinajstić information content (AvgIpc) is 3.07. The summed E-state index contributed by atoms with van der Waals surface area (Å²) in [6, 6.07) is 11.8. The van der Waals surface area contributed by atoms with E-state index in [0.29, 0.717) is 24.2 Å². The third kappa shape index (κ3) is 4.43. The first kappa shape index (κ1) is 20.5. The predicted molar refractivity (Wildman–Crippen MR) is 106 cm³/mol. The number of anilines is 1. The van der Waals surface area contributed by atoms with Gasteiger partial charge < -0.3 is 4.90 Å². The van der Waals surface area contributed by atoms with Gasteiger partial charge in [-0.15, -0.1) is 0 Å². The number of nitrogens with one attached hydrogen (secondary N) is 1. The minimum atomic E-state index is -3.77. The third-order valence-corrected chi connectivity index (χ3v) is 7.36. The van der Waals surface area contributed by atoms with Crippen molar-refractivity contribution in [2.75, 3.05) is 17.7 Å². The summed E-state index contributed by atoms with van der Waals surface area (Å²) in [4.78, 5) is 13.7. The first-order valence-corrected chi connectivity index (χ1v) is 12.2. The van der Waals surface area contributed by atoms with Crippen molar-refractivity contribution >= 4 is 31.5 Å². The number of benzene rings is 2. The summed E-state index contributed by atoms with van der Waals surface area (Å²) in [5, 5.41) is 0. The fourth-order valence-corrected chi connectivity index (χ4v) is 4.96. The number of rotatable bonds is 6. The maximum absolute atomic E-state index is 12.7. The van der Waals surface area contributed by atoms with Gasteiger partial charge in [0.1, 0.15) is 0 Å². The van der Waals surface area contributed by atoms with Gasteiger partial charge in [0.15, 0.2) is 9.84 Å². The first-order valence-electron chi connectivity index (χ1n) is 8.81. The smallest absolute Gasteiger partial charge is 0.241 e. The Hall–Kier alpha value is -2.23.